The number of nitriles is 1. The van der Waals surface area contributed by atoms with E-state index in [1.54, 1.807) is 12.3 Å². The summed E-state index contributed by atoms with van der Waals surface area (Å²) in [5.41, 5.74) is 1.11. The minimum absolute atomic E-state index is 0.0368. The molecule has 3 aromatic carbocycles. The van der Waals surface area contributed by atoms with Gasteiger partial charge in [0.2, 0.25) is 0 Å². The Labute approximate surface area is 193 Å². The Bertz CT molecular complexity index is 1440. The first-order valence-corrected chi connectivity index (χ1v) is 11.1. The molecule has 4 aromatic rings. The monoisotopic (exact) mass is 488 g/mol. The second-order valence-electron chi connectivity index (χ2n) is 7.45. The zero-order chi connectivity index (χ0) is 22.7. The average Bonchev–Trinajstić information content (AvgIpc) is 2.82. The van der Waals surface area contributed by atoms with E-state index in [4.69, 9.17) is 15.0 Å². The van der Waals surface area contributed by atoms with Crippen molar-refractivity contribution in [3.05, 3.63) is 80.8 Å². The van der Waals surface area contributed by atoms with Gasteiger partial charge >= 0.3 is 0 Å². The number of aromatic nitrogens is 2. The molecule has 0 saturated carbocycles. The van der Waals surface area contributed by atoms with Crippen LogP contribution in [0.3, 0.4) is 0 Å². The van der Waals surface area contributed by atoms with Crippen LogP contribution in [0, 0.1) is 11.3 Å². The van der Waals surface area contributed by atoms with E-state index in [1.165, 1.54) is 4.68 Å². The molecule has 0 bridgehead atoms. The number of hydrogen-bond acceptors (Lipinski definition) is 5. The number of halogens is 1. The van der Waals surface area contributed by atoms with E-state index in [0.717, 1.165) is 21.7 Å². The van der Waals surface area contributed by atoms with Crippen LogP contribution < -0.4 is 10.3 Å². The molecule has 0 fully saturated rings. The minimum atomic E-state index is -0.234. The lowest BCUT2D eigenvalue weighted by Gasteiger charge is -2.14. The third kappa shape index (κ3) is 4.14. The van der Waals surface area contributed by atoms with Crippen molar-refractivity contribution in [2.45, 2.75) is 26.2 Å². The number of benzene rings is 3. The maximum Gasteiger partial charge on any atom is 0.282 e. The first-order chi connectivity index (χ1) is 15.5. The van der Waals surface area contributed by atoms with Gasteiger partial charge in [0.05, 0.1) is 17.1 Å². The standard InChI is InChI=1S/C25H21BrN4O2/c1-3-16(2)24-29-22-10-9-18(26)14-20(22)25(31)30(24)28-15-21-19-7-5-4-6-17(19)8-11-23(21)32-13-12-27/h4-11,14-16H,3,13H2,1-2H3/t16-/m0/s1. The zero-order valence-electron chi connectivity index (χ0n) is 17.7. The van der Waals surface area contributed by atoms with Crippen LogP contribution in [-0.2, 0) is 0 Å². The molecule has 1 heterocycles. The summed E-state index contributed by atoms with van der Waals surface area (Å²) in [6.07, 6.45) is 2.43. The van der Waals surface area contributed by atoms with Gasteiger partial charge < -0.3 is 4.74 Å². The summed E-state index contributed by atoms with van der Waals surface area (Å²) in [6, 6.07) is 19.1. The summed E-state index contributed by atoms with van der Waals surface area (Å²) in [4.78, 5) is 18.1. The molecule has 0 spiro atoms. The van der Waals surface area contributed by atoms with Crippen LogP contribution in [0.1, 0.15) is 37.6 Å². The van der Waals surface area contributed by atoms with Crippen LogP contribution in [0.4, 0.5) is 0 Å². The average molecular weight is 489 g/mol. The molecule has 0 radical (unpaired) electrons. The number of fused-ring (bicyclic) bond motifs is 2. The van der Waals surface area contributed by atoms with Crippen molar-refractivity contribution < 1.29 is 4.74 Å². The van der Waals surface area contributed by atoms with Crippen LogP contribution in [0.5, 0.6) is 5.75 Å². The molecule has 1 aromatic heterocycles. The lowest BCUT2D eigenvalue weighted by atomic mass is 10.0. The smallest absolute Gasteiger partial charge is 0.282 e. The Balaban J connectivity index is 1.94. The third-order valence-corrected chi connectivity index (χ3v) is 5.90. The van der Waals surface area contributed by atoms with Crippen molar-refractivity contribution in [3.8, 4) is 11.8 Å². The summed E-state index contributed by atoms with van der Waals surface area (Å²) >= 11 is 3.43. The molecule has 0 saturated heterocycles. The highest BCUT2D eigenvalue weighted by molar-refractivity contribution is 9.10. The van der Waals surface area contributed by atoms with Gasteiger partial charge in [-0.2, -0.15) is 15.0 Å². The van der Waals surface area contributed by atoms with Gasteiger partial charge in [0, 0.05) is 16.0 Å². The lowest BCUT2D eigenvalue weighted by molar-refractivity contribution is 0.368. The molecule has 0 N–H and O–H groups in total. The zero-order valence-corrected chi connectivity index (χ0v) is 19.3. The molecule has 0 unspecified atom stereocenters. The Kier molecular flexibility index (Phi) is 6.33. The quantitative estimate of drug-likeness (QED) is 0.330. The Morgan fingerprint density at radius 1 is 1.22 bits per heavy atom. The van der Waals surface area contributed by atoms with Crippen LogP contribution in [0.25, 0.3) is 21.7 Å². The van der Waals surface area contributed by atoms with E-state index < -0.39 is 0 Å². The van der Waals surface area contributed by atoms with Gasteiger partial charge in [-0.3, -0.25) is 4.79 Å². The van der Waals surface area contributed by atoms with Gasteiger partial charge in [-0.25, -0.2) is 4.98 Å². The number of ether oxygens (including phenoxy) is 1. The molecule has 4 rings (SSSR count). The largest absolute Gasteiger partial charge is 0.478 e. The van der Waals surface area contributed by atoms with Gasteiger partial charge in [-0.1, -0.05) is 60.1 Å². The molecule has 6 nitrogen and oxygen atoms in total. The summed E-state index contributed by atoms with van der Waals surface area (Å²) in [5.74, 6) is 1.17. The molecular weight excluding hydrogens is 468 g/mol. The molecule has 0 aliphatic heterocycles. The van der Waals surface area contributed by atoms with E-state index in [-0.39, 0.29) is 18.1 Å². The van der Waals surface area contributed by atoms with E-state index in [2.05, 4.69) is 28.0 Å². The fourth-order valence-corrected chi connectivity index (χ4v) is 3.90. The topological polar surface area (TPSA) is 80.3 Å². The van der Waals surface area contributed by atoms with Gasteiger partial charge in [0.25, 0.3) is 5.56 Å². The van der Waals surface area contributed by atoms with Gasteiger partial charge in [-0.15, -0.1) is 0 Å². The SMILES string of the molecule is CC[C@H](C)c1nc2ccc(Br)cc2c(=O)n1N=Cc1c(OCC#N)ccc2ccccc12. The molecule has 32 heavy (non-hydrogen) atoms. The van der Waals surface area contributed by atoms with Gasteiger partial charge in [0.15, 0.2) is 6.61 Å². The van der Waals surface area contributed by atoms with Gasteiger partial charge in [0.1, 0.15) is 17.6 Å². The fourth-order valence-electron chi connectivity index (χ4n) is 3.54. The van der Waals surface area contributed by atoms with Crippen LogP contribution >= 0.6 is 15.9 Å². The lowest BCUT2D eigenvalue weighted by Crippen LogP contribution is -2.23. The van der Waals surface area contributed by atoms with Gasteiger partial charge in [-0.05, 0) is 41.5 Å². The predicted octanol–water partition coefficient (Wildman–Crippen LogP) is 5.61. The van der Waals surface area contributed by atoms with Crippen molar-refractivity contribution in [2.24, 2.45) is 5.10 Å². The fraction of sp³-hybridized carbons (Fsp3) is 0.200. The van der Waals surface area contributed by atoms with Crippen LogP contribution in [0.2, 0.25) is 0 Å². The Morgan fingerprint density at radius 2 is 2.03 bits per heavy atom. The predicted molar refractivity (Wildman–Crippen MR) is 130 cm³/mol. The number of nitrogens with zero attached hydrogens (tertiary/aromatic N) is 4. The van der Waals surface area contributed by atoms with E-state index in [9.17, 15) is 4.79 Å². The maximum atomic E-state index is 13.4. The third-order valence-electron chi connectivity index (χ3n) is 5.41. The summed E-state index contributed by atoms with van der Waals surface area (Å²) in [5, 5.41) is 16.0. The van der Waals surface area contributed by atoms with Crippen LogP contribution in [-0.4, -0.2) is 22.5 Å². The molecule has 1 atom stereocenters. The molecule has 0 aliphatic rings. The highest BCUT2D eigenvalue weighted by atomic mass is 79.9. The van der Waals surface area contributed by atoms with Crippen molar-refractivity contribution in [3.63, 3.8) is 0 Å². The van der Waals surface area contributed by atoms with E-state index in [1.807, 2.05) is 61.5 Å². The molecule has 0 amide bonds. The summed E-state index contributed by atoms with van der Waals surface area (Å²) in [6.45, 7) is 4.00. The number of rotatable bonds is 6. The second kappa shape index (κ2) is 9.33. The Hall–Kier alpha value is -3.50. The van der Waals surface area contributed by atoms with Crippen molar-refractivity contribution in [2.75, 3.05) is 6.61 Å². The van der Waals surface area contributed by atoms with E-state index in [0.29, 0.717) is 28.0 Å². The molecule has 7 heteroatoms. The van der Waals surface area contributed by atoms with Crippen LogP contribution in [0.15, 0.2) is 69.0 Å². The molecule has 160 valence electrons. The number of hydrogen-bond donors (Lipinski definition) is 0. The first-order valence-electron chi connectivity index (χ1n) is 10.3. The second-order valence-corrected chi connectivity index (χ2v) is 8.36. The Morgan fingerprint density at radius 3 is 2.81 bits per heavy atom. The maximum absolute atomic E-state index is 13.4. The minimum Gasteiger partial charge on any atom is -0.478 e. The highest BCUT2D eigenvalue weighted by Crippen LogP contribution is 2.27. The summed E-state index contributed by atoms with van der Waals surface area (Å²) < 4.78 is 7.81. The highest BCUT2D eigenvalue weighted by Gasteiger charge is 2.16. The normalized spacial score (nSPS) is 12.3. The molecule has 0 aliphatic carbocycles. The van der Waals surface area contributed by atoms with E-state index >= 15 is 0 Å². The molecular formula is C25H21BrN4O2. The first kappa shape index (κ1) is 21.7. The van der Waals surface area contributed by atoms with Crippen molar-refractivity contribution in [1.82, 2.24) is 9.66 Å². The van der Waals surface area contributed by atoms with Crippen molar-refractivity contribution in [1.29, 1.82) is 5.26 Å². The van der Waals surface area contributed by atoms with Crippen molar-refractivity contribution >= 4 is 43.8 Å². The summed E-state index contributed by atoms with van der Waals surface area (Å²) in [7, 11) is 0.